The number of rotatable bonds is 12. The maximum absolute atomic E-state index is 13.3. The number of amides is 1. The Balaban J connectivity index is 1.51. The maximum atomic E-state index is 13.3. The third-order valence-corrected chi connectivity index (χ3v) is 7.55. The van der Waals surface area contributed by atoms with Crippen LogP contribution in [0, 0.1) is 6.92 Å². The molecule has 2 N–H and O–H groups in total. The quantitative estimate of drug-likeness (QED) is 0.181. The predicted octanol–water partition coefficient (Wildman–Crippen LogP) is 7.83. The molecule has 40 heavy (non-hydrogen) atoms. The fourth-order valence-electron chi connectivity index (χ4n) is 4.42. The molecule has 0 aliphatic heterocycles. The molecule has 4 aromatic carbocycles. The fourth-order valence-corrected chi connectivity index (χ4v) is 5.02. The molecule has 0 saturated heterocycles. The Kier molecular flexibility index (Phi) is 10.3. The minimum atomic E-state index is -1.03. The highest BCUT2D eigenvalue weighted by atomic mass is 35.5. The van der Waals surface area contributed by atoms with Gasteiger partial charge in [0.15, 0.2) is 0 Å². The van der Waals surface area contributed by atoms with Crippen molar-refractivity contribution in [2.24, 2.45) is 0 Å². The lowest BCUT2D eigenvalue weighted by Crippen LogP contribution is -2.41. The molecule has 4 aromatic rings. The largest absolute Gasteiger partial charge is 0.480 e. The van der Waals surface area contributed by atoms with E-state index in [2.05, 4.69) is 17.4 Å². The van der Waals surface area contributed by atoms with Crippen LogP contribution >= 0.6 is 23.4 Å². The molecule has 0 radical (unpaired) electrons. The van der Waals surface area contributed by atoms with Crippen LogP contribution in [-0.2, 0) is 17.6 Å². The second kappa shape index (κ2) is 14.1. The van der Waals surface area contributed by atoms with Gasteiger partial charge in [0.05, 0.1) is 0 Å². The molecular formula is C33H32ClNO4S. The standard InChI is InChI=1S/C33H32ClNO4S/c1-22-5-3-4-6-28(22)30-21-24(11-18-29(30)32(36)35-31(33(37)38)19-20-40-2)8-7-23-9-14-26(15-10-23)39-27-16-12-25(34)13-17-27/h3-6,9-18,21,31H,7-8,19-20H2,1-2H3,(H,35,36)(H,37,38)/t31-/m0/s1. The lowest BCUT2D eigenvalue weighted by Gasteiger charge is -2.18. The predicted molar refractivity (Wildman–Crippen MR) is 164 cm³/mol. The van der Waals surface area contributed by atoms with Crippen molar-refractivity contribution in [2.75, 3.05) is 12.0 Å². The monoisotopic (exact) mass is 573 g/mol. The number of benzene rings is 4. The molecule has 7 heteroatoms. The summed E-state index contributed by atoms with van der Waals surface area (Å²) in [5, 5.41) is 13.0. The van der Waals surface area contributed by atoms with Crippen LogP contribution in [0.25, 0.3) is 11.1 Å². The molecule has 206 valence electrons. The summed E-state index contributed by atoms with van der Waals surface area (Å²) in [5.74, 6) is 0.717. The minimum Gasteiger partial charge on any atom is -0.480 e. The Labute approximate surface area is 244 Å². The third kappa shape index (κ3) is 7.90. The van der Waals surface area contributed by atoms with Gasteiger partial charge in [0.2, 0.25) is 0 Å². The van der Waals surface area contributed by atoms with Crippen molar-refractivity contribution in [3.8, 4) is 22.6 Å². The minimum absolute atomic E-state index is 0.365. The first-order valence-corrected chi connectivity index (χ1v) is 14.8. The summed E-state index contributed by atoms with van der Waals surface area (Å²) >= 11 is 7.50. The Hall–Kier alpha value is -3.74. The van der Waals surface area contributed by atoms with Crippen LogP contribution in [0.5, 0.6) is 11.5 Å². The van der Waals surface area contributed by atoms with Gasteiger partial charge in [-0.3, -0.25) is 4.79 Å². The number of carbonyl (C=O) groups excluding carboxylic acids is 1. The lowest BCUT2D eigenvalue weighted by molar-refractivity contribution is -0.139. The zero-order valence-electron chi connectivity index (χ0n) is 22.5. The average molecular weight is 574 g/mol. The summed E-state index contributed by atoms with van der Waals surface area (Å²) in [6, 6.07) is 28.0. The van der Waals surface area contributed by atoms with E-state index in [4.69, 9.17) is 16.3 Å². The van der Waals surface area contributed by atoms with Gasteiger partial charge in [-0.15, -0.1) is 0 Å². The Morgan fingerprint density at radius 2 is 1.50 bits per heavy atom. The van der Waals surface area contributed by atoms with E-state index in [-0.39, 0.29) is 5.91 Å². The van der Waals surface area contributed by atoms with E-state index < -0.39 is 12.0 Å². The molecule has 1 atom stereocenters. The highest BCUT2D eigenvalue weighted by Crippen LogP contribution is 2.29. The van der Waals surface area contributed by atoms with Crippen molar-refractivity contribution in [3.05, 3.63) is 118 Å². The highest BCUT2D eigenvalue weighted by molar-refractivity contribution is 7.98. The molecule has 0 bridgehead atoms. The molecule has 0 spiro atoms. The Morgan fingerprint density at radius 1 is 0.875 bits per heavy atom. The van der Waals surface area contributed by atoms with Crippen molar-refractivity contribution in [1.29, 1.82) is 0 Å². The smallest absolute Gasteiger partial charge is 0.326 e. The van der Waals surface area contributed by atoms with Gasteiger partial charge in [0.25, 0.3) is 5.91 Å². The molecule has 0 saturated carbocycles. The molecule has 5 nitrogen and oxygen atoms in total. The number of carbonyl (C=O) groups is 2. The first kappa shape index (κ1) is 29.2. The molecule has 1 amide bonds. The molecule has 0 aromatic heterocycles. The summed E-state index contributed by atoms with van der Waals surface area (Å²) in [7, 11) is 0. The van der Waals surface area contributed by atoms with Crippen molar-refractivity contribution in [2.45, 2.75) is 32.2 Å². The summed E-state index contributed by atoms with van der Waals surface area (Å²) in [4.78, 5) is 25.0. The molecular weight excluding hydrogens is 542 g/mol. The van der Waals surface area contributed by atoms with Gasteiger partial charge < -0.3 is 15.2 Å². The van der Waals surface area contributed by atoms with Gasteiger partial charge in [-0.2, -0.15) is 11.8 Å². The van der Waals surface area contributed by atoms with Crippen LogP contribution < -0.4 is 10.1 Å². The molecule has 0 unspecified atom stereocenters. The van der Waals surface area contributed by atoms with Crippen LogP contribution in [0.1, 0.15) is 33.5 Å². The van der Waals surface area contributed by atoms with E-state index >= 15 is 0 Å². The van der Waals surface area contributed by atoms with Crippen LogP contribution in [-0.4, -0.2) is 35.0 Å². The van der Waals surface area contributed by atoms with E-state index in [1.165, 1.54) is 5.56 Å². The van der Waals surface area contributed by atoms with Gasteiger partial charge in [-0.1, -0.05) is 60.1 Å². The third-order valence-electron chi connectivity index (χ3n) is 6.65. The van der Waals surface area contributed by atoms with Crippen LogP contribution in [0.4, 0.5) is 0 Å². The number of carboxylic acid groups (broad SMARTS) is 1. The summed E-state index contributed by atoms with van der Waals surface area (Å²) in [5.41, 5.74) is 5.52. The van der Waals surface area contributed by atoms with Crippen molar-refractivity contribution in [1.82, 2.24) is 5.32 Å². The van der Waals surface area contributed by atoms with Gasteiger partial charge in [-0.05, 0) is 108 Å². The maximum Gasteiger partial charge on any atom is 0.326 e. The number of ether oxygens (including phenoxy) is 1. The molecule has 0 aliphatic carbocycles. The number of nitrogens with one attached hydrogen (secondary N) is 1. The molecule has 0 aliphatic rings. The van der Waals surface area contributed by atoms with Gasteiger partial charge >= 0.3 is 5.97 Å². The normalized spacial score (nSPS) is 11.6. The zero-order chi connectivity index (χ0) is 28.5. The van der Waals surface area contributed by atoms with E-state index in [0.717, 1.165) is 46.6 Å². The van der Waals surface area contributed by atoms with E-state index in [9.17, 15) is 14.7 Å². The highest BCUT2D eigenvalue weighted by Gasteiger charge is 2.22. The van der Waals surface area contributed by atoms with Crippen molar-refractivity contribution in [3.63, 3.8) is 0 Å². The van der Waals surface area contributed by atoms with Crippen molar-refractivity contribution >= 4 is 35.2 Å². The Bertz CT molecular complexity index is 1450. The number of hydrogen-bond acceptors (Lipinski definition) is 4. The van der Waals surface area contributed by atoms with E-state index in [1.54, 1.807) is 23.9 Å². The zero-order valence-corrected chi connectivity index (χ0v) is 24.1. The van der Waals surface area contributed by atoms with Gasteiger partial charge in [0.1, 0.15) is 17.5 Å². The number of carboxylic acids is 1. The van der Waals surface area contributed by atoms with E-state index in [0.29, 0.717) is 22.8 Å². The number of thioether (sulfide) groups is 1. The summed E-state index contributed by atoms with van der Waals surface area (Å²) < 4.78 is 5.89. The number of aliphatic carboxylic acids is 1. The van der Waals surface area contributed by atoms with Crippen LogP contribution in [0.15, 0.2) is 91.0 Å². The van der Waals surface area contributed by atoms with Gasteiger partial charge in [0, 0.05) is 10.6 Å². The molecule has 0 fully saturated rings. The second-order valence-electron chi connectivity index (χ2n) is 9.54. The number of hydrogen-bond donors (Lipinski definition) is 2. The van der Waals surface area contributed by atoms with Crippen molar-refractivity contribution < 1.29 is 19.4 Å². The molecule has 0 heterocycles. The number of halogens is 1. The summed E-state index contributed by atoms with van der Waals surface area (Å²) in [6.07, 6.45) is 3.88. The SMILES string of the molecule is CSCC[C@H](NC(=O)c1ccc(CCc2ccc(Oc3ccc(Cl)cc3)cc2)cc1-c1ccccc1C)C(=O)O. The Morgan fingerprint density at radius 3 is 2.15 bits per heavy atom. The summed E-state index contributed by atoms with van der Waals surface area (Å²) in [6.45, 7) is 2.01. The number of aryl methyl sites for hydroxylation is 3. The van der Waals surface area contributed by atoms with E-state index in [1.807, 2.05) is 79.9 Å². The molecule has 4 rings (SSSR count). The van der Waals surface area contributed by atoms with Crippen LogP contribution in [0.3, 0.4) is 0 Å². The fraction of sp³-hybridized carbons (Fsp3) is 0.212. The first-order valence-electron chi connectivity index (χ1n) is 13.1. The average Bonchev–Trinajstić information content (AvgIpc) is 2.96. The first-order chi connectivity index (χ1) is 19.3. The van der Waals surface area contributed by atoms with Gasteiger partial charge in [-0.25, -0.2) is 4.79 Å². The van der Waals surface area contributed by atoms with Crippen LogP contribution in [0.2, 0.25) is 5.02 Å². The topological polar surface area (TPSA) is 75.6 Å². The second-order valence-corrected chi connectivity index (χ2v) is 11.0. The lowest BCUT2D eigenvalue weighted by atomic mass is 9.92.